The summed E-state index contributed by atoms with van der Waals surface area (Å²) in [7, 11) is -0.543. The second-order valence-electron chi connectivity index (χ2n) is 12.7. The van der Waals surface area contributed by atoms with E-state index in [9.17, 15) is 37.8 Å². The van der Waals surface area contributed by atoms with Crippen molar-refractivity contribution in [1.82, 2.24) is 0 Å². The molecule has 0 atom stereocenters. The molecule has 0 saturated carbocycles. The summed E-state index contributed by atoms with van der Waals surface area (Å²) in [6.45, 7) is 13.4. The Bertz CT molecular complexity index is 2000. The van der Waals surface area contributed by atoms with Gasteiger partial charge in [-0.25, -0.2) is 17.6 Å². The first-order valence-corrected chi connectivity index (χ1v) is 17.0. The Hall–Kier alpha value is -4.19. The number of nitro benzene ring substituents is 2. The summed E-state index contributed by atoms with van der Waals surface area (Å²) in [5, 5.41) is 20.6. The van der Waals surface area contributed by atoms with E-state index in [-0.39, 0.29) is 30.4 Å². The third kappa shape index (κ3) is 11.4. The zero-order valence-corrected chi connectivity index (χ0v) is 32.4. The van der Waals surface area contributed by atoms with Crippen LogP contribution in [0.3, 0.4) is 0 Å². The van der Waals surface area contributed by atoms with Gasteiger partial charge in [0, 0.05) is 32.0 Å². The SMILES string of the molecule is C.CC1(C)OB(c2cc(F)cc3c2C=NC3)OC1(C)C.Cc1c(Br)cc(F)cc1[N+](=O)[O-].Cc1c(N)cc(F)cc1Br.Cc1ccc(F)cc1[N+](=O)[O-]. The molecule has 17 heteroatoms. The number of hydrogen-bond acceptors (Lipinski definition) is 8. The lowest BCUT2D eigenvalue weighted by atomic mass is 9.75. The molecule has 0 unspecified atom stereocenters. The van der Waals surface area contributed by atoms with Crippen LogP contribution in [0.25, 0.3) is 0 Å². The average Bonchev–Trinajstić information content (AvgIpc) is 3.59. The molecule has 2 heterocycles. The lowest BCUT2D eigenvalue weighted by Crippen LogP contribution is -2.41. The molecular weight excluding hydrogens is 831 g/mol. The van der Waals surface area contributed by atoms with E-state index in [4.69, 9.17) is 15.0 Å². The number of fused-ring (bicyclic) bond motifs is 1. The molecule has 10 nitrogen and oxygen atoms in total. The number of hydrogen-bond donors (Lipinski definition) is 1. The lowest BCUT2D eigenvalue weighted by Gasteiger charge is -2.32. The molecule has 0 radical (unpaired) electrons. The van der Waals surface area contributed by atoms with Gasteiger partial charge >= 0.3 is 7.12 Å². The fourth-order valence-electron chi connectivity index (χ4n) is 4.65. The van der Waals surface area contributed by atoms with E-state index >= 15 is 0 Å². The van der Waals surface area contributed by atoms with Crippen LogP contribution in [-0.4, -0.2) is 34.4 Å². The number of aliphatic imine (C=N–C) groups is 1. The third-order valence-corrected chi connectivity index (χ3v) is 10.1. The Balaban J connectivity index is 0.000000253. The van der Waals surface area contributed by atoms with Crippen molar-refractivity contribution in [3.05, 3.63) is 135 Å². The molecule has 0 spiro atoms. The molecule has 6 rings (SSSR count). The first kappa shape index (κ1) is 45.0. The van der Waals surface area contributed by atoms with Crippen molar-refractivity contribution in [1.29, 1.82) is 0 Å². The van der Waals surface area contributed by atoms with Gasteiger partial charge in [-0.2, -0.15) is 0 Å². The molecule has 2 N–H and O–H groups in total. The number of halogens is 6. The smallest absolute Gasteiger partial charge is 0.399 e. The van der Waals surface area contributed by atoms with Crippen LogP contribution in [0, 0.1) is 64.3 Å². The second kappa shape index (κ2) is 18.2. The van der Waals surface area contributed by atoms with Crippen LogP contribution in [0.2, 0.25) is 0 Å². The summed E-state index contributed by atoms with van der Waals surface area (Å²) in [4.78, 5) is 23.5. The van der Waals surface area contributed by atoms with E-state index in [0.717, 1.165) is 34.3 Å². The van der Waals surface area contributed by atoms with Crippen LogP contribution in [0.15, 0.2) is 68.5 Å². The molecular formula is C36H39BBr2F4N4O6. The molecule has 4 aromatic carbocycles. The fourth-order valence-corrected chi connectivity index (χ4v) is 5.52. The number of aryl methyl sites for hydroxylation is 1. The van der Waals surface area contributed by atoms with E-state index in [1.807, 2.05) is 34.6 Å². The normalized spacial score (nSPS) is 14.3. The van der Waals surface area contributed by atoms with E-state index < -0.39 is 39.8 Å². The maximum Gasteiger partial charge on any atom is 0.495 e. The van der Waals surface area contributed by atoms with E-state index in [1.54, 1.807) is 20.1 Å². The van der Waals surface area contributed by atoms with Crippen molar-refractivity contribution in [2.45, 2.75) is 73.6 Å². The highest BCUT2D eigenvalue weighted by Crippen LogP contribution is 2.37. The van der Waals surface area contributed by atoms with Crippen LogP contribution in [0.4, 0.5) is 34.6 Å². The van der Waals surface area contributed by atoms with Gasteiger partial charge < -0.3 is 15.0 Å². The molecule has 284 valence electrons. The molecule has 0 bridgehead atoms. The number of anilines is 1. The standard InChI is InChI=1S/C14H17BFNO2.C7H5BrFNO2.C7H7BrFN.C7H6FNO2.CH4/c1-13(2)14(3,4)19-15(18-13)12-6-10(16)5-9-7-17-8-11(9)12;1-4-6(8)2-5(9)3-7(4)10(11)12;1-4-6(8)2-5(9)3-7(4)10;1-5-2-3-6(8)4-7(5)9(10)11;/h5-6,8H,7H2,1-4H3;2-3H,1H3;2-3H,10H2,1H3;2-4H,1H3;1H4. The number of nitrogen functional groups attached to an aromatic ring is 1. The van der Waals surface area contributed by atoms with Gasteiger partial charge in [-0.1, -0.05) is 39.3 Å². The lowest BCUT2D eigenvalue weighted by molar-refractivity contribution is -0.385. The average molecular weight is 870 g/mol. The van der Waals surface area contributed by atoms with Crippen molar-refractivity contribution >= 4 is 67.7 Å². The zero-order chi connectivity index (χ0) is 39.3. The van der Waals surface area contributed by atoms with Crippen LogP contribution in [0.5, 0.6) is 0 Å². The van der Waals surface area contributed by atoms with Gasteiger partial charge in [-0.05, 0) is 113 Å². The number of nitrogens with two attached hydrogens (primary N) is 1. The monoisotopic (exact) mass is 868 g/mol. The van der Waals surface area contributed by atoms with Crippen molar-refractivity contribution in [3.63, 3.8) is 0 Å². The number of rotatable bonds is 3. The summed E-state index contributed by atoms with van der Waals surface area (Å²) in [6.07, 6.45) is 1.77. The summed E-state index contributed by atoms with van der Waals surface area (Å²) in [6, 6.07) is 11.3. The maximum atomic E-state index is 13.7. The summed E-state index contributed by atoms with van der Waals surface area (Å²) >= 11 is 6.20. The summed E-state index contributed by atoms with van der Waals surface area (Å²) in [5.41, 5.74) is 9.03. The molecule has 0 amide bonds. The Morgan fingerprint density at radius 1 is 0.755 bits per heavy atom. The molecule has 1 fully saturated rings. The molecule has 0 aliphatic carbocycles. The molecule has 1 saturated heterocycles. The van der Waals surface area contributed by atoms with Gasteiger partial charge in [-0.15, -0.1) is 0 Å². The van der Waals surface area contributed by atoms with Gasteiger partial charge in [-0.3, -0.25) is 25.2 Å². The molecule has 4 aromatic rings. The summed E-state index contributed by atoms with van der Waals surface area (Å²) in [5.74, 6) is -1.77. The molecule has 2 aliphatic rings. The van der Waals surface area contributed by atoms with Gasteiger partial charge in [0.25, 0.3) is 11.4 Å². The number of nitro groups is 2. The van der Waals surface area contributed by atoms with E-state index in [0.29, 0.717) is 32.3 Å². The first-order valence-electron chi connectivity index (χ1n) is 15.4. The third-order valence-electron chi connectivity index (χ3n) is 8.45. The van der Waals surface area contributed by atoms with E-state index in [1.165, 1.54) is 42.5 Å². The van der Waals surface area contributed by atoms with Gasteiger partial charge in [0.2, 0.25) is 0 Å². The molecule has 0 aromatic heterocycles. The van der Waals surface area contributed by atoms with E-state index in [2.05, 4.69) is 36.9 Å². The number of nitrogens with zero attached hydrogens (tertiary/aromatic N) is 3. The summed E-state index contributed by atoms with van der Waals surface area (Å²) < 4.78 is 64.3. The minimum absolute atomic E-state index is 0. The van der Waals surface area contributed by atoms with Crippen molar-refractivity contribution in [2.75, 3.05) is 5.73 Å². The Kier molecular flexibility index (Phi) is 15.5. The van der Waals surface area contributed by atoms with Gasteiger partial charge in [0.05, 0.1) is 39.7 Å². The highest BCUT2D eigenvalue weighted by Gasteiger charge is 2.52. The minimum Gasteiger partial charge on any atom is -0.399 e. The van der Waals surface area contributed by atoms with Gasteiger partial charge in [0.1, 0.15) is 23.3 Å². The zero-order valence-electron chi connectivity index (χ0n) is 29.2. The van der Waals surface area contributed by atoms with Crippen LogP contribution in [-0.2, 0) is 15.9 Å². The maximum absolute atomic E-state index is 13.7. The van der Waals surface area contributed by atoms with Crippen LogP contribution >= 0.6 is 31.9 Å². The van der Waals surface area contributed by atoms with Crippen LogP contribution in [0.1, 0.15) is 62.9 Å². The highest BCUT2D eigenvalue weighted by atomic mass is 79.9. The van der Waals surface area contributed by atoms with Crippen molar-refractivity contribution in [2.24, 2.45) is 4.99 Å². The largest absolute Gasteiger partial charge is 0.495 e. The first-order chi connectivity index (χ1) is 24.0. The predicted molar refractivity (Wildman–Crippen MR) is 207 cm³/mol. The Morgan fingerprint density at radius 3 is 1.75 bits per heavy atom. The van der Waals surface area contributed by atoms with Gasteiger partial charge in [0.15, 0.2) is 0 Å². The second-order valence-corrected chi connectivity index (χ2v) is 14.4. The minimum atomic E-state index is -0.612. The molecule has 53 heavy (non-hydrogen) atoms. The Labute approximate surface area is 322 Å². The topological polar surface area (TPSA) is 143 Å². The Morgan fingerprint density at radius 2 is 1.25 bits per heavy atom. The quantitative estimate of drug-likeness (QED) is 0.0710. The molecule has 2 aliphatic heterocycles. The predicted octanol–water partition coefficient (Wildman–Crippen LogP) is 10.0. The highest BCUT2D eigenvalue weighted by molar-refractivity contribution is 9.10. The van der Waals surface area contributed by atoms with Crippen molar-refractivity contribution in [3.8, 4) is 0 Å². The van der Waals surface area contributed by atoms with Crippen molar-refractivity contribution < 1.29 is 36.7 Å². The van der Waals surface area contributed by atoms with Crippen LogP contribution < -0.4 is 11.2 Å². The fraction of sp³-hybridized carbons (Fsp3) is 0.306. The number of benzene rings is 4.